The molecule has 0 aliphatic carbocycles. The van der Waals surface area contributed by atoms with Crippen LogP contribution in [0.1, 0.15) is 0 Å². The minimum absolute atomic E-state index is 0. The normalized spacial score (nSPS) is 5.68. The maximum atomic E-state index is 5.37. The maximum absolute atomic E-state index is 5.37. The van der Waals surface area contributed by atoms with Crippen molar-refractivity contribution in [1.82, 2.24) is 9.80 Å². The standard InChI is InChI=1S/2C6H18N4.4Mn.10S.4Sb/c2*7-1-4-10(5-2-8)6-3-9;;;;;;;;;;;;;;;;;;/h2*1-9H2;;;;;;;;;;;;;;;;;;/q;;2*+2;2*+3;10*-2;;;2*+3. The first-order chi connectivity index (χ1) is 9.69. The molecule has 0 atom stereocenters. The van der Waals surface area contributed by atoms with Gasteiger partial charge in [0.05, 0.1) is 0 Å². The molecule has 236 valence electrons. The Bertz CT molecular complexity index is 187. The van der Waals surface area contributed by atoms with Crippen LogP contribution < -0.4 is 34.4 Å². The van der Waals surface area contributed by atoms with Crippen LogP contribution in [0.4, 0.5) is 0 Å². The Balaban J connectivity index is -0.00000000643. The van der Waals surface area contributed by atoms with E-state index in [1.165, 1.54) is 0 Å². The van der Waals surface area contributed by atoms with Gasteiger partial charge in [0.2, 0.25) is 0 Å². The van der Waals surface area contributed by atoms with Crippen LogP contribution in [0, 0.1) is 0 Å². The van der Waals surface area contributed by atoms with E-state index in [0.29, 0.717) is 39.3 Å². The van der Waals surface area contributed by atoms with Crippen molar-refractivity contribution in [3.63, 3.8) is 0 Å². The van der Waals surface area contributed by atoms with E-state index in [1.807, 2.05) is 0 Å². The minimum Gasteiger partial charge on any atom is -2.00 e. The van der Waals surface area contributed by atoms with Crippen molar-refractivity contribution in [3.8, 4) is 0 Å². The molecule has 0 fully saturated rings. The smallest absolute Gasteiger partial charge is 2.00 e. The summed E-state index contributed by atoms with van der Waals surface area (Å²) in [4.78, 5) is 4.33. The van der Waals surface area contributed by atoms with Crippen LogP contribution in [0.15, 0.2) is 0 Å². The van der Waals surface area contributed by atoms with E-state index in [9.17, 15) is 0 Å². The summed E-state index contributed by atoms with van der Waals surface area (Å²) in [6.45, 7) is 9.47. The molecule has 38 heavy (non-hydrogen) atoms. The molecule has 0 aromatic rings. The summed E-state index contributed by atoms with van der Waals surface area (Å²) >= 11 is 0. The van der Waals surface area contributed by atoms with Gasteiger partial charge < -0.3 is 169 Å². The topological polar surface area (TPSA) is 163 Å². The molecule has 0 heterocycles. The molecule has 26 heteroatoms. The van der Waals surface area contributed by atoms with Crippen molar-refractivity contribution < 1.29 is 68.3 Å². The van der Waals surface area contributed by atoms with Crippen molar-refractivity contribution in [2.45, 2.75) is 0 Å². The summed E-state index contributed by atoms with van der Waals surface area (Å²) in [6.07, 6.45) is 0. The van der Waals surface area contributed by atoms with Gasteiger partial charge in [0, 0.05) is 127 Å². The van der Waals surface area contributed by atoms with E-state index in [1.54, 1.807) is 0 Å². The second-order valence-electron chi connectivity index (χ2n) is 4.42. The predicted octanol–water partition coefficient (Wildman–Crippen LogP) is -5.23. The number of nitrogens with two attached hydrogens (primary N) is 6. The maximum Gasteiger partial charge on any atom is 3.00 e. The number of hydrogen-bond donors (Lipinski definition) is 6. The summed E-state index contributed by atoms with van der Waals surface area (Å²) < 4.78 is 0. The summed E-state index contributed by atoms with van der Waals surface area (Å²) in [5, 5.41) is 0. The first-order valence-corrected chi connectivity index (χ1v) is 7.35. The first kappa shape index (κ1) is 137. The second kappa shape index (κ2) is 128. The van der Waals surface area contributed by atoms with Crippen LogP contribution in [0.2, 0.25) is 0 Å². The Labute approximate surface area is 416 Å². The zero-order valence-electron chi connectivity index (χ0n) is 20.2. The Morgan fingerprint density at radius 2 is 0.395 bits per heavy atom. The van der Waals surface area contributed by atoms with Crippen molar-refractivity contribution in [2.75, 3.05) is 78.5 Å². The molecule has 0 aliphatic heterocycles. The molecule has 12 radical (unpaired) electrons. The van der Waals surface area contributed by atoms with Crippen molar-refractivity contribution in [2.24, 2.45) is 34.4 Å². The quantitative estimate of drug-likeness (QED) is 0.106. The molecule has 0 aromatic heterocycles. The van der Waals surface area contributed by atoms with E-state index in [-0.39, 0.29) is 301 Å². The SMILES string of the molecule is NCCN(CCN)CCN.NCCN(CCN)CCN.[Mn+2].[Mn+2].[Mn+3].[Mn+3].[S-2].[S-2].[S-2].[S-2].[S-2].[S-2].[S-2].[S-2].[S-2].[S-2].[Sb+3].[Sb+3].[Sb].[Sb]. The summed E-state index contributed by atoms with van der Waals surface area (Å²) in [6, 6.07) is 0. The third kappa shape index (κ3) is 120. The average molecular weight is 1320 g/mol. The van der Waals surface area contributed by atoms with Gasteiger partial charge in [0.25, 0.3) is 0 Å². The largest absolute Gasteiger partial charge is 3.00 e. The molecule has 0 amide bonds. The fourth-order valence-electron chi connectivity index (χ4n) is 1.77. The number of nitrogens with zero attached hydrogens (tertiary/aromatic N) is 2. The van der Waals surface area contributed by atoms with Crippen LogP contribution in [-0.2, 0) is 203 Å². The third-order valence-corrected chi connectivity index (χ3v) is 2.67. The average Bonchev–Trinajstić information content (AvgIpc) is 2.41. The van der Waals surface area contributed by atoms with Crippen LogP contribution in [-0.4, -0.2) is 186 Å². The minimum atomic E-state index is 0. The van der Waals surface area contributed by atoms with Gasteiger partial charge in [0.1, 0.15) is 0 Å². The molecule has 0 unspecified atom stereocenters. The Hall–Kier alpha value is 8.53. The van der Waals surface area contributed by atoms with Gasteiger partial charge in [-0.15, -0.1) is 0 Å². The van der Waals surface area contributed by atoms with E-state index in [0.717, 1.165) is 39.3 Å². The van der Waals surface area contributed by atoms with Gasteiger partial charge in [-0.3, -0.25) is 9.80 Å². The van der Waals surface area contributed by atoms with E-state index in [2.05, 4.69) is 9.80 Å². The molecule has 0 bridgehead atoms. The van der Waals surface area contributed by atoms with Gasteiger partial charge in [-0.25, -0.2) is 0 Å². The zero-order chi connectivity index (χ0) is 15.6. The molecule has 8 nitrogen and oxygen atoms in total. The monoisotopic (exact) mass is 1320 g/mol. The zero-order valence-corrected chi connectivity index (χ0v) is 43.3. The summed E-state index contributed by atoms with van der Waals surface area (Å²) in [7, 11) is 0. The number of rotatable bonds is 12. The van der Waals surface area contributed by atoms with E-state index < -0.39 is 0 Å². The second-order valence-corrected chi connectivity index (χ2v) is 4.42. The van der Waals surface area contributed by atoms with Gasteiger partial charge in [-0.2, -0.15) is 0 Å². The fraction of sp³-hybridized carbons (Fsp3) is 1.00. The molecule has 0 aliphatic rings. The molecular formula is C12H36Mn4N8S10Sb4-4. The molecule has 0 saturated heterocycles. The fourth-order valence-corrected chi connectivity index (χ4v) is 1.77. The van der Waals surface area contributed by atoms with Gasteiger partial charge >= 0.3 is 117 Å². The van der Waals surface area contributed by atoms with Crippen LogP contribution in [0.5, 0.6) is 0 Å². The van der Waals surface area contributed by atoms with Crippen molar-refractivity contribution >= 4 is 233 Å². The first-order valence-electron chi connectivity index (χ1n) is 7.35. The molecule has 0 saturated carbocycles. The Morgan fingerprint density at radius 3 is 0.447 bits per heavy atom. The van der Waals surface area contributed by atoms with E-state index >= 15 is 0 Å². The van der Waals surface area contributed by atoms with Crippen molar-refractivity contribution in [3.05, 3.63) is 0 Å². The molecule has 0 spiro atoms. The summed E-state index contributed by atoms with van der Waals surface area (Å²) in [5.74, 6) is 0. The Morgan fingerprint density at radius 1 is 0.316 bits per heavy atom. The molecule has 0 aromatic carbocycles. The van der Waals surface area contributed by atoms with Crippen LogP contribution >= 0.6 is 0 Å². The molecule has 12 N–H and O–H groups in total. The number of hydrogen-bond acceptors (Lipinski definition) is 8. The molecule has 0 rings (SSSR count). The van der Waals surface area contributed by atoms with Gasteiger partial charge in [-0.1, -0.05) is 0 Å². The Kier molecular flexibility index (Phi) is 463. The predicted molar refractivity (Wildman–Crippen MR) is 184 cm³/mol. The third-order valence-electron chi connectivity index (χ3n) is 2.67. The van der Waals surface area contributed by atoms with E-state index in [4.69, 9.17) is 34.4 Å². The van der Waals surface area contributed by atoms with Crippen LogP contribution in [0.25, 0.3) is 0 Å². The van der Waals surface area contributed by atoms with Gasteiger partial charge in [0.15, 0.2) is 0 Å². The van der Waals surface area contributed by atoms with Gasteiger partial charge in [-0.05, 0) is 0 Å². The molecular weight excluding hydrogens is 1280 g/mol. The summed E-state index contributed by atoms with van der Waals surface area (Å²) in [5.41, 5.74) is 32.2. The van der Waals surface area contributed by atoms with Crippen molar-refractivity contribution in [1.29, 1.82) is 0 Å². The van der Waals surface area contributed by atoms with Crippen LogP contribution in [0.3, 0.4) is 0 Å².